The largest absolute Gasteiger partial charge is 0.334 e. The van der Waals surface area contributed by atoms with E-state index in [-0.39, 0.29) is 11.9 Å². The Labute approximate surface area is 111 Å². The van der Waals surface area contributed by atoms with Crippen molar-refractivity contribution in [3.63, 3.8) is 0 Å². The van der Waals surface area contributed by atoms with Gasteiger partial charge in [-0.1, -0.05) is 30.3 Å². The fraction of sp³-hybridized carbons (Fsp3) is 0.267. The Balaban J connectivity index is 1.87. The molecule has 1 aromatic heterocycles. The number of thiophene rings is 1. The summed E-state index contributed by atoms with van der Waals surface area (Å²) < 4.78 is 0. The van der Waals surface area contributed by atoms with Crippen LogP contribution in [0.3, 0.4) is 0 Å². The Morgan fingerprint density at radius 2 is 2.11 bits per heavy atom. The zero-order valence-electron chi connectivity index (χ0n) is 10.3. The van der Waals surface area contributed by atoms with Crippen molar-refractivity contribution in [2.24, 2.45) is 0 Å². The van der Waals surface area contributed by atoms with E-state index in [1.165, 1.54) is 22.5 Å². The zero-order chi connectivity index (χ0) is 12.5. The number of nitrogens with zero attached hydrogens (tertiary/aromatic N) is 1. The molecular formula is C15H15NOS. The molecule has 1 aliphatic carbocycles. The molecule has 18 heavy (non-hydrogen) atoms. The van der Waals surface area contributed by atoms with E-state index in [9.17, 15) is 4.79 Å². The van der Waals surface area contributed by atoms with Gasteiger partial charge in [-0.2, -0.15) is 0 Å². The van der Waals surface area contributed by atoms with E-state index >= 15 is 0 Å². The fourth-order valence-electron chi connectivity index (χ4n) is 2.65. The summed E-state index contributed by atoms with van der Waals surface area (Å²) >= 11 is 1.51. The second kappa shape index (κ2) is 4.58. The van der Waals surface area contributed by atoms with Crippen LogP contribution in [0, 0.1) is 0 Å². The molecule has 0 N–H and O–H groups in total. The highest BCUT2D eigenvalue weighted by atomic mass is 32.1. The summed E-state index contributed by atoms with van der Waals surface area (Å²) in [6, 6.07) is 12.5. The maximum Gasteiger partial charge on any atom is 0.264 e. The second-order valence-electron chi connectivity index (χ2n) is 4.65. The topological polar surface area (TPSA) is 20.3 Å². The molecular weight excluding hydrogens is 242 g/mol. The van der Waals surface area contributed by atoms with Crippen LogP contribution < -0.4 is 0 Å². The number of carbonyl (C=O) groups is 1. The van der Waals surface area contributed by atoms with Gasteiger partial charge in [0.2, 0.25) is 0 Å². The van der Waals surface area contributed by atoms with Gasteiger partial charge in [0.25, 0.3) is 5.91 Å². The second-order valence-corrected chi connectivity index (χ2v) is 5.59. The van der Waals surface area contributed by atoms with Crippen LogP contribution in [0.5, 0.6) is 0 Å². The number of fused-ring (bicyclic) bond motifs is 1. The van der Waals surface area contributed by atoms with E-state index in [0.29, 0.717) is 0 Å². The first-order valence-corrected chi connectivity index (χ1v) is 7.04. The van der Waals surface area contributed by atoms with Crippen LogP contribution in [-0.2, 0) is 6.42 Å². The Morgan fingerprint density at radius 3 is 2.89 bits per heavy atom. The number of rotatable bonds is 2. The third-order valence-electron chi connectivity index (χ3n) is 3.62. The van der Waals surface area contributed by atoms with E-state index in [4.69, 9.17) is 0 Å². The smallest absolute Gasteiger partial charge is 0.264 e. The summed E-state index contributed by atoms with van der Waals surface area (Å²) in [5.74, 6) is 0.131. The van der Waals surface area contributed by atoms with Crippen molar-refractivity contribution < 1.29 is 4.79 Å². The molecule has 0 spiro atoms. The van der Waals surface area contributed by atoms with Crippen LogP contribution in [0.2, 0.25) is 0 Å². The normalized spacial score (nSPS) is 17.5. The molecule has 1 unspecified atom stereocenters. The number of hydrogen-bond acceptors (Lipinski definition) is 2. The van der Waals surface area contributed by atoms with E-state index in [0.717, 1.165) is 17.7 Å². The average Bonchev–Trinajstić information content (AvgIpc) is 3.06. The van der Waals surface area contributed by atoms with Crippen LogP contribution in [0.1, 0.15) is 33.3 Å². The first-order chi connectivity index (χ1) is 8.77. The van der Waals surface area contributed by atoms with Gasteiger partial charge < -0.3 is 4.90 Å². The highest BCUT2D eigenvalue weighted by Crippen LogP contribution is 2.35. The fourth-order valence-corrected chi connectivity index (χ4v) is 3.36. The predicted octanol–water partition coefficient (Wildman–Crippen LogP) is 3.51. The van der Waals surface area contributed by atoms with Gasteiger partial charge in [-0.3, -0.25) is 4.79 Å². The van der Waals surface area contributed by atoms with Crippen molar-refractivity contribution >= 4 is 17.2 Å². The summed E-state index contributed by atoms with van der Waals surface area (Å²) in [6.07, 6.45) is 2.11. The molecule has 0 aliphatic heterocycles. The number of aryl methyl sites for hydroxylation is 1. The van der Waals surface area contributed by atoms with E-state index < -0.39 is 0 Å². The van der Waals surface area contributed by atoms with Crippen molar-refractivity contribution in [1.82, 2.24) is 4.90 Å². The van der Waals surface area contributed by atoms with Gasteiger partial charge in [-0.15, -0.1) is 11.3 Å². The van der Waals surface area contributed by atoms with Crippen LogP contribution in [-0.4, -0.2) is 17.9 Å². The van der Waals surface area contributed by atoms with Crippen LogP contribution in [0.4, 0.5) is 0 Å². The Bertz CT molecular complexity index is 562. The number of carbonyl (C=O) groups excluding carboxylic acids is 1. The molecule has 1 aliphatic rings. The molecule has 0 saturated carbocycles. The van der Waals surface area contributed by atoms with E-state index in [1.807, 2.05) is 29.5 Å². The van der Waals surface area contributed by atoms with Gasteiger partial charge in [0.05, 0.1) is 10.9 Å². The van der Waals surface area contributed by atoms with Crippen LogP contribution >= 0.6 is 11.3 Å². The lowest BCUT2D eigenvalue weighted by atomic mass is 10.1. The Kier molecular flexibility index (Phi) is 2.92. The first-order valence-electron chi connectivity index (χ1n) is 6.16. The molecule has 1 heterocycles. The van der Waals surface area contributed by atoms with Gasteiger partial charge in [-0.05, 0) is 35.4 Å². The monoisotopic (exact) mass is 257 g/mol. The number of benzene rings is 1. The Hall–Kier alpha value is -1.61. The quantitative estimate of drug-likeness (QED) is 0.806. The SMILES string of the molecule is CN(C(=O)c1cccs1)C1CCc2ccccc21. The maximum atomic E-state index is 12.3. The van der Waals surface area contributed by atoms with E-state index in [1.54, 1.807) is 0 Å². The molecule has 0 saturated heterocycles. The van der Waals surface area contributed by atoms with Gasteiger partial charge in [0.1, 0.15) is 0 Å². The minimum absolute atomic E-state index is 0.131. The molecule has 92 valence electrons. The van der Waals surface area contributed by atoms with Crippen molar-refractivity contribution in [3.8, 4) is 0 Å². The van der Waals surface area contributed by atoms with Gasteiger partial charge in [-0.25, -0.2) is 0 Å². The third kappa shape index (κ3) is 1.85. The van der Waals surface area contributed by atoms with Crippen molar-refractivity contribution in [2.45, 2.75) is 18.9 Å². The third-order valence-corrected chi connectivity index (χ3v) is 4.48. The lowest BCUT2D eigenvalue weighted by molar-refractivity contribution is 0.0735. The van der Waals surface area contributed by atoms with Gasteiger partial charge >= 0.3 is 0 Å². The van der Waals surface area contributed by atoms with Crippen molar-refractivity contribution in [2.75, 3.05) is 7.05 Å². The minimum Gasteiger partial charge on any atom is -0.334 e. The summed E-state index contributed by atoms with van der Waals surface area (Å²) in [7, 11) is 1.91. The molecule has 0 fully saturated rings. The lowest BCUT2D eigenvalue weighted by Crippen LogP contribution is -2.29. The molecule has 0 bridgehead atoms. The van der Waals surface area contributed by atoms with E-state index in [2.05, 4.69) is 24.3 Å². The molecule has 3 heteroatoms. The molecule has 1 amide bonds. The van der Waals surface area contributed by atoms with Crippen LogP contribution in [0.15, 0.2) is 41.8 Å². The minimum atomic E-state index is 0.131. The number of amides is 1. The molecule has 0 radical (unpaired) electrons. The molecule has 2 nitrogen and oxygen atoms in total. The molecule has 2 aromatic rings. The van der Waals surface area contributed by atoms with Crippen molar-refractivity contribution in [3.05, 3.63) is 57.8 Å². The predicted molar refractivity (Wildman–Crippen MR) is 73.9 cm³/mol. The zero-order valence-corrected chi connectivity index (χ0v) is 11.1. The lowest BCUT2D eigenvalue weighted by Gasteiger charge is -2.25. The standard InChI is InChI=1S/C15H15NOS/c1-16(15(17)14-7-4-10-18-14)13-9-8-11-5-2-3-6-12(11)13/h2-7,10,13H,8-9H2,1H3. The highest BCUT2D eigenvalue weighted by molar-refractivity contribution is 7.12. The first kappa shape index (κ1) is 11.5. The van der Waals surface area contributed by atoms with Gasteiger partial charge in [0, 0.05) is 7.05 Å². The number of hydrogen-bond donors (Lipinski definition) is 0. The highest BCUT2D eigenvalue weighted by Gasteiger charge is 2.28. The summed E-state index contributed by atoms with van der Waals surface area (Å²) in [5.41, 5.74) is 2.69. The summed E-state index contributed by atoms with van der Waals surface area (Å²) in [6.45, 7) is 0. The van der Waals surface area contributed by atoms with Gasteiger partial charge in [0.15, 0.2) is 0 Å². The van der Waals surface area contributed by atoms with Crippen LogP contribution in [0.25, 0.3) is 0 Å². The average molecular weight is 257 g/mol. The summed E-state index contributed by atoms with van der Waals surface area (Å²) in [4.78, 5) is 15.0. The maximum absolute atomic E-state index is 12.3. The molecule has 3 rings (SSSR count). The Morgan fingerprint density at radius 1 is 1.28 bits per heavy atom. The van der Waals surface area contributed by atoms with Crippen molar-refractivity contribution in [1.29, 1.82) is 0 Å². The molecule has 1 aromatic carbocycles. The molecule has 1 atom stereocenters. The summed E-state index contributed by atoms with van der Waals surface area (Å²) in [5, 5.41) is 1.95.